The van der Waals surface area contributed by atoms with E-state index >= 15 is 0 Å². The van der Waals surface area contributed by atoms with Gasteiger partial charge in [-0.3, -0.25) is 4.98 Å². The fraction of sp³-hybridized carbons (Fsp3) is 0.333. The van der Waals surface area contributed by atoms with E-state index in [-0.39, 0.29) is 10.3 Å². The molecule has 28 heavy (non-hydrogen) atoms. The van der Waals surface area contributed by atoms with Crippen molar-refractivity contribution >= 4 is 10.0 Å². The van der Waals surface area contributed by atoms with Crippen molar-refractivity contribution in [1.29, 1.82) is 0 Å². The van der Waals surface area contributed by atoms with E-state index in [4.69, 9.17) is 4.98 Å². The zero-order chi connectivity index (χ0) is 19.2. The third kappa shape index (κ3) is 2.69. The average molecular weight is 394 g/mol. The second-order valence-corrected chi connectivity index (χ2v) is 9.55. The Kier molecular flexibility index (Phi) is 4.10. The van der Waals surface area contributed by atoms with Crippen LogP contribution in [0.25, 0.3) is 11.3 Å². The maximum Gasteiger partial charge on any atom is 0.244 e. The minimum atomic E-state index is -3.48. The number of hydrogen-bond acceptors (Lipinski definition) is 4. The molecule has 2 aliphatic rings. The summed E-state index contributed by atoms with van der Waals surface area (Å²) in [5, 5.41) is 0. The number of hydrogen-bond donors (Lipinski definition) is 0. The van der Waals surface area contributed by atoms with Crippen LogP contribution in [-0.4, -0.2) is 40.3 Å². The zero-order valence-corrected chi connectivity index (χ0v) is 16.3. The van der Waals surface area contributed by atoms with E-state index in [1.54, 1.807) is 22.6 Å². The molecule has 1 fully saturated rings. The first-order valence-electron chi connectivity index (χ1n) is 9.62. The number of rotatable bonds is 3. The molecule has 0 radical (unpaired) electrons. The third-order valence-electron chi connectivity index (χ3n) is 6.17. The Morgan fingerprint density at radius 1 is 0.893 bits per heavy atom. The second kappa shape index (κ2) is 6.53. The summed E-state index contributed by atoms with van der Waals surface area (Å²) in [6.45, 7) is 1.98. The van der Waals surface area contributed by atoms with Crippen LogP contribution in [0.5, 0.6) is 0 Å². The van der Waals surface area contributed by atoms with Gasteiger partial charge in [-0.15, -0.1) is 0 Å². The van der Waals surface area contributed by atoms with Gasteiger partial charge in [0.15, 0.2) is 0 Å². The summed E-state index contributed by atoms with van der Waals surface area (Å²) in [5.74, 6) is 1.12. The number of fused-ring (bicyclic) bond motifs is 2. The van der Waals surface area contributed by atoms with Gasteiger partial charge in [0.05, 0.1) is 11.9 Å². The average Bonchev–Trinajstić information content (AvgIpc) is 3.32. The van der Waals surface area contributed by atoms with Gasteiger partial charge in [0.2, 0.25) is 10.0 Å². The number of aromatic nitrogens is 3. The lowest BCUT2D eigenvalue weighted by molar-refractivity contribution is 0.228. The minimum Gasteiger partial charge on any atom is -0.328 e. The molecule has 0 aliphatic carbocycles. The van der Waals surface area contributed by atoms with E-state index < -0.39 is 10.0 Å². The van der Waals surface area contributed by atoms with Crippen molar-refractivity contribution in [2.45, 2.75) is 36.1 Å². The second-order valence-electron chi connectivity index (χ2n) is 7.61. The molecular weight excluding hydrogens is 372 g/mol. The molecule has 1 spiro atoms. The third-order valence-corrected chi connectivity index (χ3v) is 8.05. The van der Waals surface area contributed by atoms with Crippen LogP contribution in [0.2, 0.25) is 0 Å². The monoisotopic (exact) mass is 394 g/mol. The summed E-state index contributed by atoms with van der Waals surface area (Å²) in [6.07, 6.45) is 7.61. The lowest BCUT2D eigenvalue weighted by Crippen LogP contribution is -2.44. The van der Waals surface area contributed by atoms with Gasteiger partial charge in [-0.2, -0.15) is 4.31 Å². The number of nitrogens with zero attached hydrogens (tertiary/aromatic N) is 4. The van der Waals surface area contributed by atoms with E-state index in [1.165, 1.54) is 11.8 Å². The van der Waals surface area contributed by atoms with Crippen LogP contribution < -0.4 is 0 Å². The van der Waals surface area contributed by atoms with Gasteiger partial charge in [0.25, 0.3) is 0 Å². The molecule has 0 bridgehead atoms. The van der Waals surface area contributed by atoms with Gasteiger partial charge in [0.1, 0.15) is 10.7 Å². The molecule has 4 heterocycles. The molecule has 2 aromatic heterocycles. The van der Waals surface area contributed by atoms with Crippen molar-refractivity contribution in [1.82, 2.24) is 18.8 Å². The highest BCUT2D eigenvalue weighted by Gasteiger charge is 2.45. The van der Waals surface area contributed by atoms with Crippen LogP contribution in [0.3, 0.4) is 0 Å². The Balaban J connectivity index is 1.39. The van der Waals surface area contributed by atoms with Crippen LogP contribution in [-0.2, 0) is 22.0 Å². The molecule has 1 saturated heterocycles. The van der Waals surface area contributed by atoms with Crippen molar-refractivity contribution in [3.63, 3.8) is 0 Å². The lowest BCUT2D eigenvalue weighted by Gasteiger charge is -2.37. The Bertz CT molecular complexity index is 1090. The van der Waals surface area contributed by atoms with Gasteiger partial charge < -0.3 is 4.57 Å². The van der Waals surface area contributed by atoms with Crippen molar-refractivity contribution in [2.75, 3.05) is 13.1 Å². The van der Waals surface area contributed by atoms with Gasteiger partial charge in [0, 0.05) is 37.4 Å². The van der Waals surface area contributed by atoms with Gasteiger partial charge in [-0.25, -0.2) is 13.4 Å². The molecule has 144 valence electrons. The fourth-order valence-corrected chi connectivity index (χ4v) is 5.99. The van der Waals surface area contributed by atoms with Crippen LogP contribution in [0.15, 0.2) is 66.0 Å². The molecular formula is C21H22N4O2S. The van der Waals surface area contributed by atoms with Gasteiger partial charge in [-0.1, -0.05) is 30.3 Å². The molecule has 5 rings (SSSR count). The van der Waals surface area contributed by atoms with Gasteiger partial charge >= 0.3 is 0 Å². The predicted octanol–water partition coefficient (Wildman–Crippen LogP) is 3.07. The minimum absolute atomic E-state index is 0.0199. The van der Waals surface area contributed by atoms with Crippen LogP contribution >= 0.6 is 0 Å². The summed E-state index contributed by atoms with van der Waals surface area (Å²) in [5.41, 5.74) is 2.31. The maximum atomic E-state index is 12.9. The maximum absolute atomic E-state index is 12.9. The number of pyridine rings is 1. The Morgan fingerprint density at radius 2 is 1.64 bits per heavy atom. The van der Waals surface area contributed by atoms with E-state index in [1.807, 2.05) is 24.4 Å². The van der Waals surface area contributed by atoms with Crippen molar-refractivity contribution in [3.8, 4) is 11.3 Å². The highest BCUT2D eigenvalue weighted by Crippen LogP contribution is 2.45. The van der Waals surface area contributed by atoms with Crippen molar-refractivity contribution in [3.05, 3.63) is 66.9 Å². The van der Waals surface area contributed by atoms with Crippen LogP contribution in [0.4, 0.5) is 0 Å². The standard InChI is InChI=1S/C21H22N4O2S/c26-28(27,18-7-4-11-22-15-18)24-12-8-21(9-13-24)10-14-25-19(16-23-20(21)25)17-5-2-1-3-6-17/h1-7,11,15-16H,8-10,12-14H2. The van der Waals surface area contributed by atoms with E-state index in [2.05, 4.69) is 21.7 Å². The number of piperidine rings is 1. The Labute approximate surface area is 164 Å². The van der Waals surface area contributed by atoms with Crippen molar-refractivity contribution < 1.29 is 8.42 Å². The molecule has 7 heteroatoms. The first-order chi connectivity index (χ1) is 13.6. The Hall–Kier alpha value is -2.51. The first kappa shape index (κ1) is 17.6. The molecule has 3 aromatic rings. The summed E-state index contributed by atoms with van der Waals surface area (Å²) >= 11 is 0. The fourth-order valence-electron chi connectivity index (χ4n) is 4.58. The Morgan fingerprint density at radius 3 is 2.36 bits per heavy atom. The molecule has 0 amide bonds. The number of sulfonamides is 1. The predicted molar refractivity (Wildman–Crippen MR) is 106 cm³/mol. The first-order valence-corrected chi connectivity index (χ1v) is 11.1. The highest BCUT2D eigenvalue weighted by atomic mass is 32.2. The normalized spacial score (nSPS) is 19.0. The van der Waals surface area contributed by atoms with Gasteiger partial charge in [-0.05, 0) is 37.0 Å². The molecule has 0 saturated carbocycles. The summed E-state index contributed by atoms with van der Waals surface area (Å²) in [7, 11) is -3.48. The quantitative estimate of drug-likeness (QED) is 0.685. The molecule has 0 unspecified atom stereocenters. The molecule has 0 N–H and O–H groups in total. The molecule has 6 nitrogen and oxygen atoms in total. The summed E-state index contributed by atoms with van der Waals surface area (Å²) in [4.78, 5) is 9.01. The SMILES string of the molecule is O=S(=O)(c1cccnc1)N1CCC2(CC1)CCn1c(-c3ccccc3)cnc12. The van der Waals surface area contributed by atoms with E-state index in [0.29, 0.717) is 13.1 Å². The van der Waals surface area contributed by atoms with Crippen LogP contribution in [0, 0.1) is 0 Å². The number of benzene rings is 1. The lowest BCUT2D eigenvalue weighted by atomic mass is 9.77. The number of imidazole rings is 1. The summed E-state index contributed by atoms with van der Waals surface area (Å²) in [6, 6.07) is 13.6. The van der Waals surface area contributed by atoms with E-state index in [9.17, 15) is 8.42 Å². The topological polar surface area (TPSA) is 68.1 Å². The highest BCUT2D eigenvalue weighted by molar-refractivity contribution is 7.89. The largest absolute Gasteiger partial charge is 0.328 e. The van der Waals surface area contributed by atoms with Crippen molar-refractivity contribution in [2.24, 2.45) is 0 Å². The molecule has 2 aliphatic heterocycles. The smallest absolute Gasteiger partial charge is 0.244 e. The van der Waals surface area contributed by atoms with Crippen LogP contribution in [0.1, 0.15) is 25.1 Å². The zero-order valence-electron chi connectivity index (χ0n) is 15.5. The molecule has 1 aromatic carbocycles. The summed E-state index contributed by atoms with van der Waals surface area (Å²) < 4.78 is 29.7. The molecule has 0 atom stereocenters. The van der Waals surface area contributed by atoms with E-state index in [0.717, 1.165) is 37.3 Å².